The van der Waals surface area contributed by atoms with Gasteiger partial charge in [0.2, 0.25) is 11.6 Å². The first-order chi connectivity index (χ1) is 11.3. The molecule has 1 fully saturated rings. The number of alkyl carbamates (subject to hydrolysis) is 1. The van der Waals surface area contributed by atoms with Gasteiger partial charge >= 0.3 is 6.09 Å². The number of carbonyl (C=O) groups excluding carboxylic acids is 1. The molecule has 0 aromatic carbocycles. The summed E-state index contributed by atoms with van der Waals surface area (Å²) in [5, 5.41) is 3.49. The Kier molecular flexibility index (Phi) is 4.67. The van der Waals surface area contributed by atoms with Crippen LogP contribution >= 0.6 is 11.6 Å². The highest BCUT2D eigenvalue weighted by Gasteiger charge is 2.28. The van der Waals surface area contributed by atoms with Crippen molar-refractivity contribution in [3.63, 3.8) is 0 Å². The van der Waals surface area contributed by atoms with Gasteiger partial charge in [0.05, 0.1) is 5.02 Å². The molecule has 7 heteroatoms. The molecule has 2 aromatic heterocycles. The third-order valence-corrected chi connectivity index (χ3v) is 4.23. The zero-order valence-electron chi connectivity index (χ0n) is 14.1. The van der Waals surface area contributed by atoms with Crippen LogP contribution < -0.4 is 5.32 Å². The highest BCUT2D eigenvalue weighted by molar-refractivity contribution is 6.30. The summed E-state index contributed by atoms with van der Waals surface area (Å²) in [6.07, 6.45) is 4.75. The van der Waals surface area contributed by atoms with Crippen LogP contribution in [0.1, 0.15) is 58.3 Å². The second-order valence-electron chi connectivity index (χ2n) is 7.22. The summed E-state index contributed by atoms with van der Waals surface area (Å²) in [6.45, 7) is 5.57. The molecule has 0 unspecified atom stereocenters. The van der Waals surface area contributed by atoms with E-state index in [0.717, 1.165) is 25.7 Å². The van der Waals surface area contributed by atoms with Gasteiger partial charge in [-0.1, -0.05) is 11.6 Å². The van der Waals surface area contributed by atoms with Crippen molar-refractivity contribution >= 4 is 28.9 Å². The average Bonchev–Trinajstić information content (AvgIpc) is 2.89. The number of fused-ring (bicyclic) bond motifs is 1. The van der Waals surface area contributed by atoms with Crippen LogP contribution in [0.2, 0.25) is 5.02 Å². The third kappa shape index (κ3) is 4.17. The van der Waals surface area contributed by atoms with Crippen LogP contribution in [0.4, 0.5) is 4.79 Å². The van der Waals surface area contributed by atoms with E-state index in [1.165, 1.54) is 0 Å². The van der Waals surface area contributed by atoms with Crippen molar-refractivity contribution in [3.05, 3.63) is 23.2 Å². The van der Waals surface area contributed by atoms with Crippen LogP contribution in [0.15, 0.2) is 16.7 Å². The molecular formula is C17H22ClN3O3. The zero-order chi connectivity index (χ0) is 17.3. The first-order valence-corrected chi connectivity index (χ1v) is 8.59. The lowest BCUT2D eigenvalue weighted by Crippen LogP contribution is -2.40. The Morgan fingerprint density at radius 2 is 2.04 bits per heavy atom. The van der Waals surface area contributed by atoms with Crippen LogP contribution in [-0.2, 0) is 4.74 Å². The van der Waals surface area contributed by atoms with Gasteiger partial charge in [-0.2, -0.15) is 0 Å². The number of carbonyl (C=O) groups is 1. The van der Waals surface area contributed by atoms with Crippen LogP contribution in [0, 0.1) is 0 Å². The molecule has 2 aromatic rings. The molecule has 1 aliphatic rings. The molecule has 6 nitrogen and oxygen atoms in total. The van der Waals surface area contributed by atoms with Gasteiger partial charge in [-0.25, -0.2) is 14.8 Å². The van der Waals surface area contributed by atoms with Gasteiger partial charge < -0.3 is 14.5 Å². The van der Waals surface area contributed by atoms with Gasteiger partial charge in [0.15, 0.2) is 0 Å². The van der Waals surface area contributed by atoms with E-state index in [9.17, 15) is 4.79 Å². The number of pyridine rings is 1. The maximum Gasteiger partial charge on any atom is 0.407 e. The lowest BCUT2D eigenvalue weighted by molar-refractivity contribution is 0.0490. The molecule has 0 bridgehead atoms. The van der Waals surface area contributed by atoms with Gasteiger partial charge in [-0.15, -0.1) is 0 Å². The number of rotatable bonds is 2. The van der Waals surface area contributed by atoms with Crippen LogP contribution in [0.25, 0.3) is 11.2 Å². The Bertz CT molecular complexity index is 730. The summed E-state index contributed by atoms with van der Waals surface area (Å²) < 4.78 is 11.1. The normalized spacial score (nSPS) is 21.7. The molecule has 0 atom stereocenters. The Morgan fingerprint density at radius 3 is 2.71 bits per heavy atom. The lowest BCUT2D eigenvalue weighted by atomic mass is 9.86. The monoisotopic (exact) mass is 351 g/mol. The first kappa shape index (κ1) is 17.0. The highest BCUT2D eigenvalue weighted by atomic mass is 35.5. The summed E-state index contributed by atoms with van der Waals surface area (Å²) in [4.78, 5) is 20.5. The number of ether oxygens (including phenoxy) is 1. The molecule has 130 valence electrons. The van der Waals surface area contributed by atoms with Crippen molar-refractivity contribution in [2.75, 3.05) is 0 Å². The molecule has 3 rings (SSSR count). The van der Waals surface area contributed by atoms with Crippen molar-refractivity contribution in [2.45, 2.75) is 64.0 Å². The number of oxazole rings is 1. The first-order valence-electron chi connectivity index (χ1n) is 8.21. The zero-order valence-corrected chi connectivity index (χ0v) is 14.9. The molecule has 1 amide bonds. The summed E-state index contributed by atoms with van der Waals surface area (Å²) in [5.41, 5.74) is 0.725. The number of amides is 1. The van der Waals surface area contributed by atoms with E-state index in [2.05, 4.69) is 15.3 Å². The minimum atomic E-state index is -0.478. The second kappa shape index (κ2) is 6.59. The second-order valence-corrected chi connectivity index (χ2v) is 7.66. The summed E-state index contributed by atoms with van der Waals surface area (Å²) >= 11 is 5.93. The third-order valence-electron chi connectivity index (χ3n) is 4.03. The average molecular weight is 352 g/mol. The molecule has 0 saturated heterocycles. The number of hydrogen-bond donors (Lipinski definition) is 1. The summed E-state index contributed by atoms with van der Waals surface area (Å²) in [7, 11) is 0. The number of nitrogens with zero attached hydrogens (tertiary/aromatic N) is 2. The fourth-order valence-electron chi connectivity index (χ4n) is 2.95. The molecule has 1 saturated carbocycles. The van der Waals surface area contributed by atoms with E-state index in [-0.39, 0.29) is 18.1 Å². The van der Waals surface area contributed by atoms with Crippen LogP contribution in [0.3, 0.4) is 0 Å². The van der Waals surface area contributed by atoms with E-state index in [1.807, 2.05) is 20.8 Å². The Balaban J connectivity index is 1.57. The van der Waals surface area contributed by atoms with E-state index in [0.29, 0.717) is 22.1 Å². The van der Waals surface area contributed by atoms with Crippen LogP contribution in [0.5, 0.6) is 0 Å². The van der Waals surface area contributed by atoms with Gasteiger partial charge in [0.25, 0.3) is 0 Å². The van der Waals surface area contributed by atoms with E-state index in [1.54, 1.807) is 12.3 Å². The van der Waals surface area contributed by atoms with Crippen LogP contribution in [-0.4, -0.2) is 27.7 Å². The highest BCUT2D eigenvalue weighted by Crippen LogP contribution is 2.34. The summed E-state index contributed by atoms with van der Waals surface area (Å²) in [6, 6.07) is 1.89. The fourth-order valence-corrected chi connectivity index (χ4v) is 3.10. The SMILES string of the molecule is CC(C)(C)OC(=O)NC1CCC(c2nc3cc(Cl)cnc3o2)CC1. The van der Waals surface area contributed by atoms with Gasteiger partial charge in [0, 0.05) is 18.2 Å². The molecule has 0 aliphatic heterocycles. The maximum atomic E-state index is 11.8. The Morgan fingerprint density at radius 1 is 1.33 bits per heavy atom. The largest absolute Gasteiger partial charge is 0.444 e. The van der Waals surface area contributed by atoms with Crippen molar-refractivity contribution in [2.24, 2.45) is 0 Å². The molecule has 2 heterocycles. The molecular weight excluding hydrogens is 330 g/mol. The van der Waals surface area contributed by atoms with E-state index < -0.39 is 5.60 Å². The predicted octanol–water partition coefficient (Wildman–Crippen LogP) is 4.43. The van der Waals surface area contributed by atoms with Gasteiger partial charge in [-0.05, 0) is 52.5 Å². The Labute approximate surface area is 145 Å². The number of hydrogen-bond acceptors (Lipinski definition) is 5. The standard InChI is InChI=1S/C17H22ClN3O3/c1-17(2,3)24-16(22)20-12-6-4-10(5-7-12)14-21-13-8-11(18)9-19-15(13)23-14/h8-10,12H,4-7H2,1-3H3,(H,20,22). The van der Waals surface area contributed by atoms with Gasteiger partial charge in [0.1, 0.15) is 11.1 Å². The van der Waals surface area contributed by atoms with Crippen molar-refractivity contribution in [1.82, 2.24) is 15.3 Å². The minimum Gasteiger partial charge on any atom is -0.444 e. The fraction of sp³-hybridized carbons (Fsp3) is 0.588. The minimum absolute atomic E-state index is 0.132. The number of nitrogens with one attached hydrogen (secondary N) is 1. The quantitative estimate of drug-likeness (QED) is 0.866. The van der Waals surface area contributed by atoms with E-state index in [4.69, 9.17) is 20.8 Å². The topological polar surface area (TPSA) is 77.2 Å². The molecule has 0 spiro atoms. The van der Waals surface area contributed by atoms with Crippen molar-refractivity contribution < 1.29 is 13.9 Å². The number of halogens is 1. The Hall–Kier alpha value is -1.82. The molecule has 24 heavy (non-hydrogen) atoms. The summed E-state index contributed by atoms with van der Waals surface area (Å²) in [5.74, 6) is 0.949. The molecule has 1 N–H and O–H groups in total. The van der Waals surface area contributed by atoms with Crippen molar-refractivity contribution in [1.29, 1.82) is 0 Å². The van der Waals surface area contributed by atoms with Crippen molar-refractivity contribution in [3.8, 4) is 0 Å². The predicted molar refractivity (Wildman–Crippen MR) is 91.2 cm³/mol. The number of aromatic nitrogens is 2. The smallest absolute Gasteiger partial charge is 0.407 e. The van der Waals surface area contributed by atoms with E-state index >= 15 is 0 Å². The van der Waals surface area contributed by atoms with Gasteiger partial charge in [-0.3, -0.25) is 0 Å². The maximum absolute atomic E-state index is 11.8. The lowest BCUT2D eigenvalue weighted by Gasteiger charge is -2.28. The molecule has 1 aliphatic carbocycles. The molecule has 0 radical (unpaired) electrons.